The molecular weight excluding hydrogens is 228 g/mol. The summed E-state index contributed by atoms with van der Waals surface area (Å²) in [6, 6.07) is 8.35. The number of hydrogen-bond donors (Lipinski definition) is 3. The molecule has 0 aliphatic heterocycles. The van der Waals surface area contributed by atoms with Gasteiger partial charge in [0, 0.05) is 0 Å². The Bertz CT molecular complexity index is 385. The minimum absolute atomic E-state index is 0.146. The first-order chi connectivity index (χ1) is 8.36. The van der Waals surface area contributed by atoms with Crippen molar-refractivity contribution in [3.63, 3.8) is 0 Å². The van der Waals surface area contributed by atoms with E-state index in [1.54, 1.807) is 0 Å². The highest BCUT2D eigenvalue weighted by Crippen LogP contribution is 2.19. The van der Waals surface area contributed by atoms with Crippen molar-refractivity contribution in [2.75, 3.05) is 6.61 Å². The summed E-state index contributed by atoms with van der Waals surface area (Å²) in [7, 11) is 0. The molecule has 1 aromatic carbocycles. The number of nitrogens with one attached hydrogen (secondary N) is 1. The highest BCUT2D eigenvalue weighted by molar-refractivity contribution is 5.82. The van der Waals surface area contributed by atoms with Gasteiger partial charge in [-0.1, -0.05) is 51.1 Å². The van der Waals surface area contributed by atoms with Gasteiger partial charge in [0.2, 0.25) is 5.91 Å². The van der Waals surface area contributed by atoms with Crippen LogP contribution in [0.3, 0.4) is 0 Å². The number of nitrogens with two attached hydrogens (primary N) is 1. The van der Waals surface area contributed by atoms with Gasteiger partial charge >= 0.3 is 0 Å². The Hall–Kier alpha value is -1.39. The Kier molecular flexibility index (Phi) is 4.87. The number of benzene rings is 1. The van der Waals surface area contributed by atoms with Gasteiger partial charge in [0.1, 0.15) is 0 Å². The molecule has 4 nitrogen and oxygen atoms in total. The molecule has 4 N–H and O–H groups in total. The average Bonchev–Trinajstić information content (AvgIpc) is 2.34. The van der Waals surface area contributed by atoms with E-state index in [9.17, 15) is 9.90 Å². The second kappa shape index (κ2) is 5.98. The van der Waals surface area contributed by atoms with Gasteiger partial charge in [-0.25, -0.2) is 0 Å². The molecule has 0 saturated carbocycles. The zero-order valence-electron chi connectivity index (χ0n) is 11.2. The van der Waals surface area contributed by atoms with Gasteiger partial charge in [0.25, 0.3) is 0 Å². The summed E-state index contributed by atoms with van der Waals surface area (Å²) in [5.41, 5.74) is 6.45. The van der Waals surface area contributed by atoms with E-state index in [2.05, 4.69) is 5.32 Å². The highest BCUT2D eigenvalue weighted by atomic mass is 16.3. The average molecular weight is 250 g/mol. The summed E-state index contributed by atoms with van der Waals surface area (Å²) in [6.45, 7) is 5.59. The minimum Gasteiger partial charge on any atom is -0.394 e. The Labute approximate surface area is 108 Å². The van der Waals surface area contributed by atoms with E-state index in [0.717, 1.165) is 5.56 Å². The minimum atomic E-state index is -0.602. The van der Waals surface area contributed by atoms with Crippen molar-refractivity contribution in [3.05, 3.63) is 35.9 Å². The quantitative estimate of drug-likeness (QED) is 0.752. The number of amides is 1. The van der Waals surface area contributed by atoms with Gasteiger partial charge in [-0.05, 0) is 11.0 Å². The van der Waals surface area contributed by atoms with Gasteiger partial charge in [-0.3, -0.25) is 4.79 Å². The Balaban J connectivity index is 2.73. The normalized spacial score (nSPS) is 14.9. The molecule has 0 radical (unpaired) electrons. The van der Waals surface area contributed by atoms with Crippen LogP contribution >= 0.6 is 0 Å². The molecule has 0 saturated heterocycles. The second-order valence-electron chi connectivity index (χ2n) is 5.50. The van der Waals surface area contributed by atoms with Crippen LogP contribution in [-0.4, -0.2) is 23.7 Å². The molecule has 1 unspecified atom stereocenters. The Morgan fingerprint density at radius 3 is 2.33 bits per heavy atom. The molecule has 0 heterocycles. The van der Waals surface area contributed by atoms with E-state index in [0.29, 0.717) is 0 Å². The summed E-state index contributed by atoms with van der Waals surface area (Å²) < 4.78 is 0. The van der Waals surface area contributed by atoms with Gasteiger partial charge in [0.05, 0.1) is 18.7 Å². The fourth-order valence-corrected chi connectivity index (χ4v) is 1.57. The first kappa shape index (κ1) is 14.7. The standard InChI is InChI=1S/C14H22N2O2/c1-14(2,3)12(15)13(18)16-11(9-17)10-7-5-4-6-8-10/h4-8,11-12,17H,9,15H2,1-3H3,(H,16,18)/t11-,12?/m1/s1. The fraction of sp³-hybridized carbons (Fsp3) is 0.500. The van der Waals surface area contributed by atoms with Crippen molar-refractivity contribution >= 4 is 5.91 Å². The van der Waals surface area contributed by atoms with E-state index in [1.807, 2.05) is 51.1 Å². The summed E-state index contributed by atoms with van der Waals surface area (Å²) in [6.07, 6.45) is 0. The molecule has 4 heteroatoms. The van der Waals surface area contributed by atoms with Crippen LogP contribution < -0.4 is 11.1 Å². The van der Waals surface area contributed by atoms with Crippen molar-refractivity contribution in [2.24, 2.45) is 11.1 Å². The van der Waals surface area contributed by atoms with Gasteiger partial charge in [0.15, 0.2) is 0 Å². The summed E-state index contributed by atoms with van der Waals surface area (Å²) >= 11 is 0. The molecular formula is C14H22N2O2. The van der Waals surface area contributed by atoms with E-state index in [4.69, 9.17) is 5.73 Å². The lowest BCUT2D eigenvalue weighted by atomic mass is 9.86. The van der Waals surface area contributed by atoms with E-state index >= 15 is 0 Å². The smallest absolute Gasteiger partial charge is 0.238 e. The summed E-state index contributed by atoms with van der Waals surface area (Å²) in [5, 5.41) is 12.1. The van der Waals surface area contributed by atoms with Crippen molar-refractivity contribution in [3.8, 4) is 0 Å². The number of carbonyl (C=O) groups is 1. The third kappa shape index (κ3) is 3.82. The van der Waals surface area contributed by atoms with Crippen LogP contribution in [0.2, 0.25) is 0 Å². The maximum absolute atomic E-state index is 12.0. The fourth-order valence-electron chi connectivity index (χ4n) is 1.57. The second-order valence-corrected chi connectivity index (χ2v) is 5.50. The Morgan fingerprint density at radius 2 is 1.89 bits per heavy atom. The molecule has 0 aromatic heterocycles. The zero-order valence-corrected chi connectivity index (χ0v) is 11.2. The number of aliphatic hydroxyl groups excluding tert-OH is 1. The lowest BCUT2D eigenvalue weighted by molar-refractivity contribution is -0.125. The van der Waals surface area contributed by atoms with Crippen LogP contribution in [0.25, 0.3) is 0 Å². The molecule has 100 valence electrons. The van der Waals surface area contributed by atoms with Crippen LogP contribution in [0.15, 0.2) is 30.3 Å². The van der Waals surface area contributed by atoms with Crippen LogP contribution in [-0.2, 0) is 4.79 Å². The monoisotopic (exact) mass is 250 g/mol. The molecule has 1 rings (SSSR count). The van der Waals surface area contributed by atoms with Crippen LogP contribution in [0.1, 0.15) is 32.4 Å². The van der Waals surface area contributed by atoms with E-state index in [-0.39, 0.29) is 17.9 Å². The lowest BCUT2D eigenvalue weighted by Crippen LogP contribution is -2.49. The third-order valence-electron chi connectivity index (χ3n) is 2.92. The predicted octanol–water partition coefficient (Wildman–Crippen LogP) is 1.21. The van der Waals surface area contributed by atoms with Gasteiger partial charge < -0.3 is 16.2 Å². The zero-order chi connectivity index (χ0) is 13.8. The molecule has 1 amide bonds. The number of rotatable bonds is 4. The molecule has 0 aliphatic carbocycles. The number of carbonyl (C=O) groups excluding carboxylic acids is 1. The maximum Gasteiger partial charge on any atom is 0.238 e. The van der Waals surface area contributed by atoms with Crippen molar-refractivity contribution in [1.29, 1.82) is 0 Å². The molecule has 0 fully saturated rings. The largest absolute Gasteiger partial charge is 0.394 e. The molecule has 0 spiro atoms. The molecule has 2 atom stereocenters. The summed E-state index contributed by atoms with van der Waals surface area (Å²) in [4.78, 5) is 12.0. The maximum atomic E-state index is 12.0. The van der Waals surface area contributed by atoms with Crippen molar-refractivity contribution in [2.45, 2.75) is 32.9 Å². The predicted molar refractivity (Wildman–Crippen MR) is 71.8 cm³/mol. The molecule has 18 heavy (non-hydrogen) atoms. The van der Waals surface area contributed by atoms with Crippen LogP contribution in [0.5, 0.6) is 0 Å². The highest BCUT2D eigenvalue weighted by Gasteiger charge is 2.28. The van der Waals surface area contributed by atoms with Crippen LogP contribution in [0, 0.1) is 5.41 Å². The third-order valence-corrected chi connectivity index (χ3v) is 2.92. The number of aliphatic hydroxyl groups is 1. The Morgan fingerprint density at radius 1 is 1.33 bits per heavy atom. The van der Waals surface area contributed by atoms with Gasteiger partial charge in [-0.15, -0.1) is 0 Å². The van der Waals surface area contributed by atoms with Gasteiger partial charge in [-0.2, -0.15) is 0 Å². The van der Waals surface area contributed by atoms with Crippen molar-refractivity contribution in [1.82, 2.24) is 5.32 Å². The molecule has 1 aromatic rings. The molecule has 0 aliphatic rings. The number of hydrogen-bond acceptors (Lipinski definition) is 3. The topological polar surface area (TPSA) is 75.4 Å². The first-order valence-electron chi connectivity index (χ1n) is 6.08. The van der Waals surface area contributed by atoms with Crippen LogP contribution in [0.4, 0.5) is 0 Å². The van der Waals surface area contributed by atoms with E-state index in [1.165, 1.54) is 0 Å². The molecule has 0 bridgehead atoms. The SMILES string of the molecule is CC(C)(C)C(N)C(=O)N[C@H](CO)c1ccccc1. The van der Waals surface area contributed by atoms with Crippen molar-refractivity contribution < 1.29 is 9.90 Å². The summed E-state index contributed by atoms with van der Waals surface area (Å²) in [5.74, 6) is -0.245. The lowest BCUT2D eigenvalue weighted by Gasteiger charge is -2.28. The van der Waals surface area contributed by atoms with E-state index < -0.39 is 12.1 Å². The first-order valence-corrected chi connectivity index (χ1v) is 6.08.